The Morgan fingerprint density at radius 3 is 2.84 bits per heavy atom. The summed E-state index contributed by atoms with van der Waals surface area (Å²) in [6.45, 7) is 2.81. The fourth-order valence-corrected chi connectivity index (χ4v) is 4.05. The van der Waals surface area contributed by atoms with E-state index in [1.807, 2.05) is 18.4 Å². The lowest BCUT2D eigenvalue weighted by atomic mass is 9.77. The summed E-state index contributed by atoms with van der Waals surface area (Å²) in [4.78, 5) is 4.78. The highest BCUT2D eigenvalue weighted by molar-refractivity contribution is 7.18. The van der Waals surface area contributed by atoms with E-state index in [4.69, 9.17) is 9.72 Å². The van der Waals surface area contributed by atoms with Crippen LogP contribution in [-0.2, 0) is 11.2 Å². The van der Waals surface area contributed by atoms with E-state index in [2.05, 4.69) is 29.6 Å². The van der Waals surface area contributed by atoms with Gasteiger partial charge in [0.2, 0.25) is 0 Å². The number of aromatic nitrogens is 1. The van der Waals surface area contributed by atoms with E-state index in [9.17, 15) is 0 Å². The third kappa shape index (κ3) is 2.81. The zero-order chi connectivity index (χ0) is 13.1. The van der Waals surface area contributed by atoms with Crippen molar-refractivity contribution in [2.45, 2.75) is 19.3 Å². The summed E-state index contributed by atoms with van der Waals surface area (Å²) in [5.41, 5.74) is 1.45. The molecule has 0 atom stereocenters. The predicted octanol–water partition coefficient (Wildman–Crippen LogP) is 2.86. The summed E-state index contributed by atoms with van der Waals surface area (Å²) in [5.74, 6) is 0. The number of para-hydroxylation sites is 1. The standard InChI is InChI=1S/C15H20N2OS/c1-16-11-15(6-8-18-9-7-15)10-14-17-12-4-2-3-5-13(12)19-14/h2-5,16H,6-11H2,1H3. The fourth-order valence-electron chi connectivity index (χ4n) is 2.91. The van der Waals surface area contributed by atoms with Gasteiger partial charge >= 0.3 is 0 Å². The van der Waals surface area contributed by atoms with Crippen LogP contribution >= 0.6 is 11.3 Å². The lowest BCUT2D eigenvalue weighted by Gasteiger charge is -2.36. The van der Waals surface area contributed by atoms with Crippen LogP contribution in [0.25, 0.3) is 10.2 Å². The van der Waals surface area contributed by atoms with Gasteiger partial charge in [-0.05, 0) is 37.4 Å². The molecule has 4 heteroatoms. The number of ether oxygens (including phenoxy) is 1. The predicted molar refractivity (Wildman–Crippen MR) is 79.7 cm³/mol. The molecule has 0 amide bonds. The average molecular weight is 276 g/mol. The maximum absolute atomic E-state index is 5.52. The molecule has 0 bridgehead atoms. The van der Waals surface area contributed by atoms with Gasteiger partial charge in [-0.15, -0.1) is 11.3 Å². The Bertz CT molecular complexity index is 507. The number of benzene rings is 1. The van der Waals surface area contributed by atoms with Crippen molar-refractivity contribution in [3.05, 3.63) is 29.3 Å². The first-order valence-electron chi connectivity index (χ1n) is 6.88. The smallest absolute Gasteiger partial charge is 0.0944 e. The largest absolute Gasteiger partial charge is 0.381 e. The fraction of sp³-hybridized carbons (Fsp3) is 0.533. The van der Waals surface area contributed by atoms with Crippen molar-refractivity contribution >= 4 is 21.6 Å². The Labute approximate surface area is 118 Å². The van der Waals surface area contributed by atoms with E-state index < -0.39 is 0 Å². The van der Waals surface area contributed by atoms with Gasteiger partial charge in [0.15, 0.2) is 0 Å². The van der Waals surface area contributed by atoms with Crippen LogP contribution in [0.15, 0.2) is 24.3 Å². The van der Waals surface area contributed by atoms with Crippen LogP contribution in [-0.4, -0.2) is 31.8 Å². The Morgan fingerprint density at radius 2 is 2.11 bits per heavy atom. The Kier molecular flexibility index (Phi) is 3.82. The van der Waals surface area contributed by atoms with Crippen molar-refractivity contribution in [3.63, 3.8) is 0 Å². The molecule has 1 saturated heterocycles. The highest BCUT2D eigenvalue weighted by Gasteiger charge is 2.33. The summed E-state index contributed by atoms with van der Waals surface area (Å²) in [6.07, 6.45) is 3.32. The number of hydrogen-bond acceptors (Lipinski definition) is 4. The molecule has 3 rings (SSSR count). The lowest BCUT2D eigenvalue weighted by molar-refractivity contribution is 0.0158. The Hall–Kier alpha value is -0.970. The van der Waals surface area contributed by atoms with E-state index in [1.165, 1.54) is 9.71 Å². The SMILES string of the molecule is CNCC1(Cc2nc3ccccc3s2)CCOCC1. The van der Waals surface area contributed by atoms with Crippen molar-refractivity contribution in [1.29, 1.82) is 0 Å². The second kappa shape index (κ2) is 5.57. The third-order valence-corrected chi connectivity index (χ3v) is 5.01. The van der Waals surface area contributed by atoms with E-state index in [-0.39, 0.29) is 0 Å². The topological polar surface area (TPSA) is 34.2 Å². The van der Waals surface area contributed by atoms with Gasteiger partial charge in [0.05, 0.1) is 15.2 Å². The number of fused-ring (bicyclic) bond motifs is 1. The second-order valence-electron chi connectivity index (χ2n) is 5.39. The summed E-state index contributed by atoms with van der Waals surface area (Å²) >= 11 is 1.84. The first-order valence-corrected chi connectivity index (χ1v) is 7.70. The first kappa shape index (κ1) is 13.0. The van der Waals surface area contributed by atoms with E-state index >= 15 is 0 Å². The van der Waals surface area contributed by atoms with Crippen LogP contribution < -0.4 is 5.32 Å². The maximum atomic E-state index is 5.52. The molecule has 1 aromatic carbocycles. The van der Waals surface area contributed by atoms with Gasteiger partial charge in [0, 0.05) is 26.2 Å². The Balaban J connectivity index is 1.84. The van der Waals surface area contributed by atoms with Crippen LogP contribution in [0.2, 0.25) is 0 Å². The molecule has 1 fully saturated rings. The van der Waals surface area contributed by atoms with Crippen molar-refractivity contribution in [1.82, 2.24) is 10.3 Å². The molecule has 1 aromatic heterocycles. The molecule has 3 nitrogen and oxygen atoms in total. The van der Waals surface area contributed by atoms with Gasteiger partial charge in [-0.2, -0.15) is 0 Å². The van der Waals surface area contributed by atoms with Crippen LogP contribution in [0.5, 0.6) is 0 Å². The minimum atomic E-state index is 0.320. The summed E-state index contributed by atoms with van der Waals surface area (Å²) < 4.78 is 6.82. The van der Waals surface area contributed by atoms with Crippen LogP contribution in [0, 0.1) is 5.41 Å². The van der Waals surface area contributed by atoms with Crippen molar-refractivity contribution < 1.29 is 4.74 Å². The molecule has 0 unspecified atom stereocenters. The molecule has 1 N–H and O–H groups in total. The molecule has 2 aromatic rings. The van der Waals surface area contributed by atoms with E-state index in [0.717, 1.165) is 44.5 Å². The second-order valence-corrected chi connectivity index (χ2v) is 6.51. The first-order chi connectivity index (χ1) is 9.31. The molecule has 2 heterocycles. The van der Waals surface area contributed by atoms with Crippen molar-refractivity contribution in [3.8, 4) is 0 Å². The Morgan fingerprint density at radius 1 is 1.32 bits per heavy atom. The van der Waals surface area contributed by atoms with Crippen LogP contribution in [0.3, 0.4) is 0 Å². The van der Waals surface area contributed by atoms with Gasteiger partial charge in [-0.3, -0.25) is 0 Å². The monoisotopic (exact) mass is 276 g/mol. The number of hydrogen-bond donors (Lipinski definition) is 1. The minimum absolute atomic E-state index is 0.320. The molecule has 0 spiro atoms. The van der Waals surface area contributed by atoms with Gasteiger partial charge < -0.3 is 10.1 Å². The molecule has 0 saturated carbocycles. The van der Waals surface area contributed by atoms with Crippen molar-refractivity contribution in [2.75, 3.05) is 26.8 Å². The molecule has 0 aliphatic carbocycles. The highest BCUT2D eigenvalue weighted by atomic mass is 32.1. The van der Waals surface area contributed by atoms with Gasteiger partial charge in [-0.1, -0.05) is 12.1 Å². The molecular weight excluding hydrogens is 256 g/mol. The molecule has 102 valence electrons. The lowest BCUT2D eigenvalue weighted by Crippen LogP contribution is -2.39. The average Bonchev–Trinajstić information content (AvgIpc) is 2.81. The molecule has 1 aliphatic heterocycles. The number of nitrogens with zero attached hydrogens (tertiary/aromatic N) is 1. The molecule has 19 heavy (non-hydrogen) atoms. The van der Waals surface area contributed by atoms with E-state index in [0.29, 0.717) is 5.41 Å². The molecule has 0 radical (unpaired) electrons. The normalized spacial score (nSPS) is 18.8. The van der Waals surface area contributed by atoms with Gasteiger partial charge in [-0.25, -0.2) is 4.98 Å². The highest BCUT2D eigenvalue weighted by Crippen LogP contribution is 2.35. The van der Waals surface area contributed by atoms with E-state index in [1.54, 1.807) is 0 Å². The number of rotatable bonds is 4. The quantitative estimate of drug-likeness (QED) is 0.932. The van der Waals surface area contributed by atoms with Gasteiger partial charge in [0.25, 0.3) is 0 Å². The zero-order valence-corrected chi connectivity index (χ0v) is 12.1. The summed E-state index contributed by atoms with van der Waals surface area (Å²) in [6, 6.07) is 8.40. The third-order valence-electron chi connectivity index (χ3n) is 3.97. The molecule has 1 aliphatic rings. The van der Waals surface area contributed by atoms with Gasteiger partial charge in [0.1, 0.15) is 0 Å². The molecular formula is C15H20N2OS. The summed E-state index contributed by atoms with van der Waals surface area (Å²) in [5, 5.41) is 4.62. The van der Waals surface area contributed by atoms with Crippen molar-refractivity contribution in [2.24, 2.45) is 5.41 Å². The number of nitrogens with one attached hydrogen (secondary N) is 1. The maximum Gasteiger partial charge on any atom is 0.0944 e. The minimum Gasteiger partial charge on any atom is -0.381 e. The number of thiazole rings is 1. The van der Waals surface area contributed by atoms with Crippen LogP contribution in [0.4, 0.5) is 0 Å². The zero-order valence-electron chi connectivity index (χ0n) is 11.3. The summed E-state index contributed by atoms with van der Waals surface area (Å²) in [7, 11) is 2.04. The van der Waals surface area contributed by atoms with Crippen LogP contribution in [0.1, 0.15) is 17.8 Å².